The van der Waals surface area contributed by atoms with Crippen LogP contribution >= 0.6 is 0 Å². The Balaban J connectivity index is 1.95. The average molecular weight is 270 g/mol. The van der Waals surface area contributed by atoms with Gasteiger partial charge in [0.2, 0.25) is 6.54 Å². The molecule has 2 rings (SSSR count). The summed E-state index contributed by atoms with van der Waals surface area (Å²) in [5.74, 6) is 0.00499. The highest BCUT2D eigenvalue weighted by Crippen LogP contribution is 2.10. The Morgan fingerprint density at radius 1 is 1.20 bits per heavy atom. The van der Waals surface area contributed by atoms with E-state index < -0.39 is 0 Å². The molecule has 0 saturated carbocycles. The number of aromatic hydroxyl groups is 1. The summed E-state index contributed by atoms with van der Waals surface area (Å²) in [5, 5.41) is 13.3. The molecule has 1 aromatic heterocycles. The van der Waals surface area contributed by atoms with E-state index in [4.69, 9.17) is 0 Å². The van der Waals surface area contributed by atoms with Gasteiger partial charge in [0.15, 0.2) is 12.4 Å². The topological polar surface area (TPSA) is 65.6 Å². The number of nitrogens with one attached hydrogen (secondary N) is 1. The maximum atomic E-state index is 11.7. The number of hydrazone groups is 1. The lowest BCUT2D eigenvalue weighted by Gasteiger charge is -2.02. The second kappa shape index (κ2) is 6.47. The number of pyridine rings is 1. The van der Waals surface area contributed by atoms with Crippen molar-refractivity contribution in [2.24, 2.45) is 5.10 Å². The molecule has 0 saturated heterocycles. The first-order valence-electron chi connectivity index (χ1n) is 6.22. The third kappa shape index (κ3) is 3.91. The van der Waals surface area contributed by atoms with Gasteiger partial charge in [-0.1, -0.05) is 6.07 Å². The first kappa shape index (κ1) is 13.7. The van der Waals surface area contributed by atoms with Gasteiger partial charge in [-0.2, -0.15) is 9.67 Å². The van der Waals surface area contributed by atoms with Gasteiger partial charge < -0.3 is 5.11 Å². The zero-order chi connectivity index (χ0) is 14.4. The van der Waals surface area contributed by atoms with Gasteiger partial charge in [0, 0.05) is 12.1 Å². The van der Waals surface area contributed by atoms with Crippen LogP contribution in [-0.2, 0) is 11.3 Å². The standard InChI is InChI=1S/C15H15N3O2/c1-12(13-5-7-14(19)8-6-13)16-17-15(20)11-18-9-3-2-4-10-18/h2-10H,11H2,1H3,(H-,16,17,19,20)/p+1. The summed E-state index contributed by atoms with van der Waals surface area (Å²) in [5.41, 5.74) is 4.03. The number of amides is 1. The van der Waals surface area contributed by atoms with Gasteiger partial charge in [0.25, 0.3) is 0 Å². The van der Waals surface area contributed by atoms with Gasteiger partial charge in [0.05, 0.1) is 5.71 Å². The van der Waals surface area contributed by atoms with E-state index in [1.807, 2.05) is 30.6 Å². The number of nitrogens with zero attached hydrogens (tertiary/aromatic N) is 2. The summed E-state index contributed by atoms with van der Waals surface area (Å²) in [4.78, 5) is 11.7. The molecule has 0 bridgehead atoms. The number of phenolic OH excluding ortho intramolecular Hbond substituents is 1. The lowest BCUT2D eigenvalue weighted by atomic mass is 10.1. The van der Waals surface area contributed by atoms with Crippen molar-refractivity contribution < 1.29 is 14.5 Å². The largest absolute Gasteiger partial charge is 0.508 e. The summed E-state index contributed by atoms with van der Waals surface area (Å²) in [6.45, 7) is 2.01. The van der Waals surface area contributed by atoms with Crippen molar-refractivity contribution in [3.8, 4) is 5.75 Å². The molecule has 1 amide bonds. The highest BCUT2D eigenvalue weighted by atomic mass is 16.3. The van der Waals surface area contributed by atoms with Crippen molar-refractivity contribution in [3.05, 3.63) is 60.4 Å². The molecule has 0 spiro atoms. The third-order valence-corrected chi connectivity index (χ3v) is 2.74. The highest BCUT2D eigenvalue weighted by Gasteiger charge is 2.07. The maximum absolute atomic E-state index is 11.7. The number of phenols is 1. The molecule has 0 aliphatic carbocycles. The normalized spacial score (nSPS) is 11.2. The fourth-order valence-corrected chi connectivity index (χ4v) is 1.65. The molecular formula is C15H16N3O2+. The molecular weight excluding hydrogens is 254 g/mol. The van der Waals surface area contributed by atoms with Crippen LogP contribution in [-0.4, -0.2) is 16.7 Å². The van der Waals surface area contributed by atoms with E-state index in [1.165, 1.54) is 0 Å². The minimum absolute atomic E-state index is 0.195. The molecule has 2 N–H and O–H groups in total. The van der Waals surface area contributed by atoms with E-state index in [-0.39, 0.29) is 18.2 Å². The molecule has 0 radical (unpaired) electrons. The number of carbonyl (C=O) groups is 1. The summed E-state index contributed by atoms with van der Waals surface area (Å²) in [6.07, 6.45) is 3.63. The van der Waals surface area contributed by atoms with Gasteiger partial charge in [-0.15, -0.1) is 0 Å². The number of aromatic nitrogens is 1. The monoisotopic (exact) mass is 270 g/mol. The molecule has 5 heteroatoms. The Labute approximate surface area is 117 Å². The Bertz CT molecular complexity index is 607. The van der Waals surface area contributed by atoms with Gasteiger partial charge in [0.1, 0.15) is 5.75 Å². The summed E-state index contributed by atoms with van der Waals surface area (Å²) < 4.78 is 1.76. The van der Waals surface area contributed by atoms with E-state index in [9.17, 15) is 9.90 Å². The third-order valence-electron chi connectivity index (χ3n) is 2.74. The fourth-order valence-electron chi connectivity index (χ4n) is 1.65. The van der Waals surface area contributed by atoms with Crippen molar-refractivity contribution in [3.63, 3.8) is 0 Å². The van der Waals surface area contributed by atoms with Gasteiger partial charge in [-0.05, 0) is 36.8 Å². The van der Waals surface area contributed by atoms with Crippen LogP contribution in [0.3, 0.4) is 0 Å². The van der Waals surface area contributed by atoms with Gasteiger partial charge in [-0.25, -0.2) is 5.43 Å². The molecule has 0 fully saturated rings. The van der Waals surface area contributed by atoms with Crippen LogP contribution in [0.2, 0.25) is 0 Å². The smallest absolute Gasteiger partial charge is 0.305 e. The minimum atomic E-state index is -0.195. The van der Waals surface area contributed by atoms with Crippen LogP contribution < -0.4 is 9.99 Å². The predicted molar refractivity (Wildman–Crippen MR) is 75.1 cm³/mol. The van der Waals surface area contributed by atoms with Crippen molar-refractivity contribution in [1.82, 2.24) is 5.43 Å². The zero-order valence-electron chi connectivity index (χ0n) is 11.2. The number of benzene rings is 1. The Morgan fingerprint density at radius 3 is 2.50 bits per heavy atom. The minimum Gasteiger partial charge on any atom is -0.508 e. The highest BCUT2D eigenvalue weighted by molar-refractivity contribution is 5.99. The first-order chi connectivity index (χ1) is 9.65. The Morgan fingerprint density at radius 2 is 1.85 bits per heavy atom. The summed E-state index contributed by atoms with van der Waals surface area (Å²) >= 11 is 0. The second-order valence-electron chi connectivity index (χ2n) is 4.33. The van der Waals surface area contributed by atoms with Crippen molar-refractivity contribution >= 4 is 11.6 Å². The lowest BCUT2D eigenvalue weighted by Crippen LogP contribution is -2.41. The lowest BCUT2D eigenvalue weighted by molar-refractivity contribution is -0.684. The Kier molecular flexibility index (Phi) is 4.44. The molecule has 0 unspecified atom stereocenters. The van der Waals surface area contributed by atoms with E-state index in [0.29, 0.717) is 5.71 Å². The predicted octanol–water partition coefficient (Wildman–Crippen LogP) is 1.22. The maximum Gasteiger partial charge on any atom is 0.305 e. The average Bonchev–Trinajstić information content (AvgIpc) is 2.46. The molecule has 5 nitrogen and oxygen atoms in total. The fraction of sp³-hybridized carbons (Fsp3) is 0.133. The first-order valence-corrected chi connectivity index (χ1v) is 6.22. The number of carbonyl (C=O) groups excluding carboxylic acids is 1. The zero-order valence-corrected chi connectivity index (χ0v) is 11.2. The molecule has 1 aromatic carbocycles. The van der Waals surface area contributed by atoms with E-state index >= 15 is 0 Å². The van der Waals surface area contributed by atoms with Crippen molar-refractivity contribution in [2.45, 2.75) is 13.5 Å². The molecule has 102 valence electrons. The number of hydrogen-bond acceptors (Lipinski definition) is 3. The molecule has 0 aliphatic heterocycles. The van der Waals surface area contributed by atoms with Crippen molar-refractivity contribution in [2.75, 3.05) is 0 Å². The van der Waals surface area contributed by atoms with Gasteiger partial charge >= 0.3 is 5.91 Å². The Hall–Kier alpha value is -2.69. The van der Waals surface area contributed by atoms with E-state index in [0.717, 1.165) is 5.56 Å². The molecule has 0 aliphatic rings. The number of rotatable bonds is 4. The summed E-state index contributed by atoms with van der Waals surface area (Å²) in [7, 11) is 0. The van der Waals surface area contributed by atoms with Crippen LogP contribution in [0, 0.1) is 0 Å². The van der Waals surface area contributed by atoms with Crippen LogP contribution in [0.15, 0.2) is 60.0 Å². The molecule has 1 heterocycles. The van der Waals surface area contributed by atoms with Crippen LogP contribution in [0.1, 0.15) is 12.5 Å². The summed E-state index contributed by atoms with van der Waals surface area (Å²) in [6, 6.07) is 12.3. The van der Waals surface area contributed by atoms with Crippen molar-refractivity contribution in [1.29, 1.82) is 0 Å². The second-order valence-corrected chi connectivity index (χ2v) is 4.33. The van der Waals surface area contributed by atoms with Gasteiger partial charge in [-0.3, -0.25) is 4.79 Å². The quantitative estimate of drug-likeness (QED) is 0.498. The van der Waals surface area contributed by atoms with Crippen LogP contribution in [0.4, 0.5) is 0 Å². The molecule has 2 aromatic rings. The number of hydrogen-bond donors (Lipinski definition) is 2. The molecule has 20 heavy (non-hydrogen) atoms. The van der Waals surface area contributed by atoms with E-state index in [2.05, 4.69) is 10.5 Å². The molecule has 0 atom stereocenters. The SMILES string of the molecule is C/C(=N/NC(=O)C[n+]1ccccc1)c1ccc(O)cc1. The van der Waals surface area contributed by atoms with E-state index in [1.54, 1.807) is 35.8 Å². The van der Waals surface area contributed by atoms with Crippen LogP contribution in [0.25, 0.3) is 0 Å². The van der Waals surface area contributed by atoms with Crippen LogP contribution in [0.5, 0.6) is 5.75 Å².